The Labute approximate surface area is 132 Å². The summed E-state index contributed by atoms with van der Waals surface area (Å²) in [5, 5.41) is -0.546. The minimum atomic E-state index is -3.64. The van der Waals surface area contributed by atoms with E-state index in [1.807, 2.05) is 27.7 Å². The molecule has 0 aromatic heterocycles. The third kappa shape index (κ3) is 3.69. The second-order valence-electron chi connectivity index (χ2n) is 6.63. The Kier molecular flexibility index (Phi) is 5.28. The Balaban J connectivity index is 2.21. The summed E-state index contributed by atoms with van der Waals surface area (Å²) >= 11 is 0. The van der Waals surface area contributed by atoms with E-state index in [2.05, 4.69) is 0 Å². The molecule has 0 saturated heterocycles. The summed E-state index contributed by atoms with van der Waals surface area (Å²) in [5.41, 5.74) is 0.809. The molecule has 0 radical (unpaired) electrons. The summed E-state index contributed by atoms with van der Waals surface area (Å²) in [5.74, 6) is -0.471. The number of hydrogen-bond acceptors (Lipinski definition) is 3. The molecule has 124 valence electrons. The topological polar surface area (TPSA) is 43.4 Å². The zero-order chi connectivity index (χ0) is 16.5. The molecule has 0 heterocycles. The molecule has 2 rings (SSSR count). The van der Waals surface area contributed by atoms with Gasteiger partial charge < -0.3 is 4.74 Å². The van der Waals surface area contributed by atoms with Crippen LogP contribution < -0.4 is 0 Å². The Morgan fingerprint density at radius 2 is 1.86 bits per heavy atom. The van der Waals surface area contributed by atoms with Gasteiger partial charge in [0.05, 0.1) is 17.5 Å². The summed E-state index contributed by atoms with van der Waals surface area (Å²) in [4.78, 5) is -0.174. The van der Waals surface area contributed by atoms with Crippen molar-refractivity contribution in [3.05, 3.63) is 29.6 Å². The molecule has 1 fully saturated rings. The fourth-order valence-corrected chi connectivity index (χ4v) is 4.84. The maximum Gasteiger partial charge on any atom is 0.184 e. The molecule has 0 aliphatic heterocycles. The van der Waals surface area contributed by atoms with E-state index in [4.69, 9.17) is 4.74 Å². The summed E-state index contributed by atoms with van der Waals surface area (Å²) in [6.07, 6.45) is 1.73. The Morgan fingerprint density at radius 3 is 2.41 bits per heavy atom. The third-order valence-corrected chi connectivity index (χ3v) is 6.42. The molecule has 1 aliphatic carbocycles. The average molecular weight is 328 g/mol. The minimum absolute atomic E-state index is 0.0437. The van der Waals surface area contributed by atoms with E-state index in [0.717, 1.165) is 5.56 Å². The van der Waals surface area contributed by atoms with Crippen LogP contribution in [0.4, 0.5) is 4.39 Å². The van der Waals surface area contributed by atoms with Gasteiger partial charge in [0.25, 0.3) is 0 Å². The van der Waals surface area contributed by atoms with Crippen molar-refractivity contribution in [3.63, 3.8) is 0 Å². The van der Waals surface area contributed by atoms with Gasteiger partial charge >= 0.3 is 0 Å². The van der Waals surface area contributed by atoms with Gasteiger partial charge in [-0.1, -0.05) is 19.9 Å². The summed E-state index contributed by atoms with van der Waals surface area (Å²) < 4.78 is 45.3. The fourth-order valence-electron chi connectivity index (χ4n) is 2.98. The van der Waals surface area contributed by atoms with Crippen molar-refractivity contribution in [2.75, 3.05) is 0 Å². The molecule has 0 N–H and O–H groups in total. The minimum Gasteiger partial charge on any atom is -0.376 e. The lowest BCUT2D eigenvalue weighted by Crippen LogP contribution is -2.22. The van der Waals surface area contributed by atoms with Crippen LogP contribution in [-0.4, -0.2) is 25.9 Å². The number of ether oxygens (including phenoxy) is 1. The second kappa shape index (κ2) is 6.67. The smallest absolute Gasteiger partial charge is 0.184 e. The summed E-state index contributed by atoms with van der Waals surface area (Å²) in [6.45, 7) is 7.78. The van der Waals surface area contributed by atoms with Crippen LogP contribution in [-0.2, 0) is 14.6 Å². The molecule has 22 heavy (non-hydrogen) atoms. The van der Waals surface area contributed by atoms with Crippen LogP contribution in [0.1, 0.15) is 58.4 Å². The molecule has 1 aromatic carbocycles. The Morgan fingerprint density at radius 1 is 1.18 bits per heavy atom. The second-order valence-corrected chi connectivity index (χ2v) is 8.83. The highest BCUT2D eigenvalue weighted by molar-refractivity contribution is 7.92. The van der Waals surface area contributed by atoms with Crippen molar-refractivity contribution in [1.29, 1.82) is 0 Å². The molecule has 1 aromatic rings. The van der Waals surface area contributed by atoms with Gasteiger partial charge in [-0.05, 0) is 56.7 Å². The highest BCUT2D eigenvalue weighted by atomic mass is 32.2. The first-order valence-corrected chi connectivity index (χ1v) is 9.45. The lowest BCUT2D eigenvalue weighted by molar-refractivity contribution is 0.0127. The fraction of sp³-hybridized carbons (Fsp3) is 0.647. The van der Waals surface area contributed by atoms with E-state index in [-0.39, 0.29) is 23.0 Å². The van der Waals surface area contributed by atoms with Crippen LogP contribution in [0.5, 0.6) is 0 Å². The normalized spacial score (nSPS) is 22.7. The standard InChI is InChI=1S/C17H25FO3S/c1-11(2)13-5-8-17(16(18)9-13)22(19,20)15-7-6-14(10-15)21-12(3)4/h5,8-9,11-12,14-15H,6-7,10H2,1-4H3. The van der Waals surface area contributed by atoms with Crippen LogP contribution >= 0.6 is 0 Å². The molecule has 0 amide bonds. The van der Waals surface area contributed by atoms with Crippen molar-refractivity contribution >= 4 is 9.84 Å². The number of halogens is 1. The van der Waals surface area contributed by atoms with Gasteiger partial charge in [0, 0.05) is 0 Å². The first-order valence-electron chi connectivity index (χ1n) is 7.90. The molecule has 2 atom stereocenters. The molecule has 0 spiro atoms. The van der Waals surface area contributed by atoms with Gasteiger partial charge in [0.15, 0.2) is 9.84 Å². The first-order chi connectivity index (χ1) is 10.2. The predicted octanol–water partition coefficient (Wildman–Crippen LogP) is 4.07. The quantitative estimate of drug-likeness (QED) is 0.818. The summed E-state index contributed by atoms with van der Waals surface area (Å²) in [6, 6.07) is 4.46. The van der Waals surface area contributed by atoms with Crippen molar-refractivity contribution in [2.45, 2.75) is 75.2 Å². The molecular weight excluding hydrogens is 303 g/mol. The maximum absolute atomic E-state index is 14.3. The van der Waals surface area contributed by atoms with Crippen LogP contribution in [0.25, 0.3) is 0 Å². The van der Waals surface area contributed by atoms with Crippen LogP contribution in [0.3, 0.4) is 0 Å². The number of sulfone groups is 1. The first kappa shape index (κ1) is 17.4. The summed E-state index contributed by atoms with van der Waals surface area (Å²) in [7, 11) is -3.64. The molecule has 1 aliphatic rings. The number of hydrogen-bond donors (Lipinski definition) is 0. The molecule has 1 saturated carbocycles. The van der Waals surface area contributed by atoms with E-state index in [1.165, 1.54) is 12.1 Å². The third-order valence-electron chi connectivity index (χ3n) is 4.17. The SMILES string of the molecule is CC(C)OC1CCC(S(=O)(=O)c2ccc(C(C)C)cc2F)C1. The monoisotopic (exact) mass is 328 g/mol. The van der Waals surface area contributed by atoms with Crippen molar-refractivity contribution < 1.29 is 17.5 Å². The van der Waals surface area contributed by atoms with E-state index >= 15 is 0 Å². The zero-order valence-corrected chi connectivity index (χ0v) is 14.5. The number of rotatable bonds is 5. The molecule has 5 heteroatoms. The van der Waals surface area contributed by atoms with Gasteiger partial charge in [-0.2, -0.15) is 0 Å². The van der Waals surface area contributed by atoms with Gasteiger partial charge in [-0.3, -0.25) is 0 Å². The van der Waals surface area contributed by atoms with Gasteiger partial charge in [-0.15, -0.1) is 0 Å². The lowest BCUT2D eigenvalue weighted by Gasteiger charge is -2.16. The molecule has 0 bridgehead atoms. The predicted molar refractivity (Wildman–Crippen MR) is 85.3 cm³/mol. The Hall–Kier alpha value is -0.940. The Bertz CT molecular complexity index is 623. The molecular formula is C17H25FO3S. The van der Waals surface area contributed by atoms with Crippen LogP contribution in [0, 0.1) is 5.82 Å². The van der Waals surface area contributed by atoms with E-state index in [0.29, 0.717) is 19.3 Å². The van der Waals surface area contributed by atoms with Crippen molar-refractivity contribution in [1.82, 2.24) is 0 Å². The van der Waals surface area contributed by atoms with Gasteiger partial charge in [0.2, 0.25) is 0 Å². The lowest BCUT2D eigenvalue weighted by atomic mass is 10.0. The zero-order valence-electron chi connectivity index (χ0n) is 13.7. The molecule has 2 unspecified atom stereocenters. The number of benzene rings is 1. The highest BCUT2D eigenvalue weighted by Gasteiger charge is 2.37. The van der Waals surface area contributed by atoms with Gasteiger partial charge in [-0.25, -0.2) is 12.8 Å². The van der Waals surface area contributed by atoms with Crippen molar-refractivity contribution in [2.24, 2.45) is 0 Å². The van der Waals surface area contributed by atoms with E-state index < -0.39 is 20.9 Å². The van der Waals surface area contributed by atoms with E-state index in [9.17, 15) is 12.8 Å². The van der Waals surface area contributed by atoms with Gasteiger partial charge in [0.1, 0.15) is 10.7 Å². The average Bonchev–Trinajstić information content (AvgIpc) is 2.86. The largest absolute Gasteiger partial charge is 0.376 e. The maximum atomic E-state index is 14.3. The highest BCUT2D eigenvalue weighted by Crippen LogP contribution is 2.33. The van der Waals surface area contributed by atoms with Crippen LogP contribution in [0.2, 0.25) is 0 Å². The van der Waals surface area contributed by atoms with Crippen LogP contribution in [0.15, 0.2) is 23.1 Å². The van der Waals surface area contributed by atoms with Crippen molar-refractivity contribution in [3.8, 4) is 0 Å². The van der Waals surface area contributed by atoms with E-state index in [1.54, 1.807) is 6.07 Å². The molecule has 3 nitrogen and oxygen atoms in total.